The molecular formula is C26H22BrClN2O4S. The SMILES string of the molecule is COC(=O)c1ccc2c(c1)C1C(Cl)C(Sc3ccccc3[N+](=O)[O-])CC1C(c1ccc(Br)cc1)N2. The summed E-state index contributed by atoms with van der Waals surface area (Å²) < 4.78 is 5.94. The number of anilines is 1. The van der Waals surface area contributed by atoms with Gasteiger partial charge in [-0.15, -0.1) is 23.4 Å². The molecule has 1 N–H and O–H groups in total. The van der Waals surface area contributed by atoms with Gasteiger partial charge in [0.2, 0.25) is 0 Å². The molecular weight excluding hydrogens is 552 g/mol. The van der Waals surface area contributed by atoms with Crippen molar-refractivity contribution in [1.82, 2.24) is 0 Å². The zero-order valence-corrected chi connectivity index (χ0v) is 21.8. The summed E-state index contributed by atoms with van der Waals surface area (Å²) in [5.74, 6) is -0.292. The number of carbonyl (C=O) groups is 1. The van der Waals surface area contributed by atoms with Crippen molar-refractivity contribution in [3.8, 4) is 0 Å². The molecule has 0 amide bonds. The monoisotopic (exact) mass is 572 g/mol. The van der Waals surface area contributed by atoms with Gasteiger partial charge in [-0.1, -0.05) is 40.2 Å². The van der Waals surface area contributed by atoms with Crippen molar-refractivity contribution in [1.29, 1.82) is 0 Å². The number of hydrogen-bond acceptors (Lipinski definition) is 6. The Balaban J connectivity index is 1.55. The van der Waals surface area contributed by atoms with Crippen LogP contribution in [0.3, 0.4) is 0 Å². The topological polar surface area (TPSA) is 81.5 Å². The quantitative estimate of drug-likeness (QED) is 0.151. The number of fused-ring (bicyclic) bond motifs is 3. The van der Waals surface area contributed by atoms with Crippen molar-refractivity contribution in [3.63, 3.8) is 0 Å². The molecule has 180 valence electrons. The van der Waals surface area contributed by atoms with E-state index in [0.717, 1.165) is 27.7 Å². The van der Waals surface area contributed by atoms with Gasteiger partial charge in [-0.25, -0.2) is 4.79 Å². The van der Waals surface area contributed by atoms with Crippen LogP contribution >= 0.6 is 39.3 Å². The molecule has 1 aliphatic heterocycles. The Labute approximate surface area is 220 Å². The van der Waals surface area contributed by atoms with Gasteiger partial charge in [0.25, 0.3) is 5.69 Å². The van der Waals surface area contributed by atoms with Gasteiger partial charge < -0.3 is 10.1 Å². The third-order valence-corrected chi connectivity index (χ3v) is 9.45. The Morgan fingerprint density at radius 1 is 1.17 bits per heavy atom. The normalized spacial score (nSPS) is 24.7. The van der Waals surface area contributed by atoms with E-state index in [4.69, 9.17) is 16.3 Å². The number of para-hydroxylation sites is 1. The van der Waals surface area contributed by atoms with Gasteiger partial charge in [-0.05, 0) is 59.9 Å². The second kappa shape index (κ2) is 9.84. The Morgan fingerprint density at radius 3 is 2.63 bits per heavy atom. The summed E-state index contributed by atoms with van der Waals surface area (Å²) in [6.45, 7) is 0. The van der Waals surface area contributed by atoms with Gasteiger partial charge in [0.05, 0.1) is 33.9 Å². The van der Waals surface area contributed by atoms with Gasteiger partial charge in [-0.2, -0.15) is 0 Å². The lowest BCUT2D eigenvalue weighted by Gasteiger charge is -2.38. The van der Waals surface area contributed by atoms with Crippen molar-refractivity contribution in [2.45, 2.75) is 33.9 Å². The number of rotatable bonds is 5. The first kappa shape index (κ1) is 24.2. The lowest BCUT2D eigenvalue weighted by atomic mass is 9.77. The van der Waals surface area contributed by atoms with Crippen molar-refractivity contribution < 1.29 is 14.5 Å². The third-order valence-electron chi connectivity index (χ3n) is 6.80. The van der Waals surface area contributed by atoms with E-state index in [9.17, 15) is 14.9 Å². The molecule has 1 saturated carbocycles. The van der Waals surface area contributed by atoms with Crippen molar-refractivity contribution in [3.05, 3.63) is 98.0 Å². The molecule has 5 unspecified atom stereocenters. The highest BCUT2D eigenvalue weighted by atomic mass is 79.9. The van der Waals surface area contributed by atoms with E-state index in [-0.39, 0.29) is 39.1 Å². The Bertz CT molecular complexity index is 1290. The van der Waals surface area contributed by atoms with Crippen LogP contribution in [0.25, 0.3) is 0 Å². The molecule has 1 heterocycles. The number of nitrogens with zero attached hydrogens (tertiary/aromatic N) is 1. The number of benzene rings is 3. The number of ether oxygens (including phenoxy) is 1. The third kappa shape index (κ3) is 4.55. The summed E-state index contributed by atoms with van der Waals surface area (Å²) in [5.41, 5.74) is 3.64. The first-order valence-corrected chi connectivity index (χ1v) is 13.3. The van der Waals surface area contributed by atoms with Gasteiger partial charge in [0.1, 0.15) is 0 Å². The lowest BCUT2D eigenvalue weighted by molar-refractivity contribution is -0.387. The first-order valence-electron chi connectivity index (χ1n) is 11.2. The minimum absolute atomic E-state index is 0.0159. The molecule has 0 radical (unpaired) electrons. The van der Waals surface area contributed by atoms with E-state index in [1.54, 1.807) is 18.2 Å². The van der Waals surface area contributed by atoms with E-state index >= 15 is 0 Å². The molecule has 1 aliphatic carbocycles. The van der Waals surface area contributed by atoms with Crippen LogP contribution in [0.5, 0.6) is 0 Å². The summed E-state index contributed by atoms with van der Waals surface area (Å²) in [5, 5.41) is 14.9. The van der Waals surface area contributed by atoms with Gasteiger partial charge >= 0.3 is 5.97 Å². The van der Waals surface area contributed by atoms with E-state index in [2.05, 4.69) is 33.4 Å². The Morgan fingerprint density at radius 2 is 1.91 bits per heavy atom. The molecule has 5 rings (SSSR count). The molecule has 2 aliphatic rings. The van der Waals surface area contributed by atoms with Crippen LogP contribution in [0.2, 0.25) is 0 Å². The second-order valence-corrected chi connectivity index (χ2v) is 11.4. The van der Waals surface area contributed by atoms with Gasteiger partial charge in [0, 0.05) is 27.4 Å². The van der Waals surface area contributed by atoms with Crippen LogP contribution in [-0.2, 0) is 4.74 Å². The summed E-state index contributed by atoms with van der Waals surface area (Å²) in [6, 6.07) is 20.6. The van der Waals surface area contributed by atoms with Crippen LogP contribution in [0.4, 0.5) is 11.4 Å². The summed E-state index contributed by atoms with van der Waals surface area (Å²) in [7, 11) is 1.37. The molecule has 3 aromatic carbocycles. The fourth-order valence-electron chi connectivity index (χ4n) is 5.23. The molecule has 6 nitrogen and oxygen atoms in total. The zero-order chi connectivity index (χ0) is 24.7. The van der Waals surface area contributed by atoms with Crippen LogP contribution in [0, 0.1) is 16.0 Å². The number of thioether (sulfide) groups is 1. The molecule has 35 heavy (non-hydrogen) atoms. The number of esters is 1. The average Bonchev–Trinajstić information content (AvgIpc) is 3.19. The fourth-order valence-corrected chi connectivity index (χ4v) is 7.44. The number of methoxy groups -OCH3 is 1. The van der Waals surface area contributed by atoms with Crippen LogP contribution in [0.15, 0.2) is 76.1 Å². The predicted molar refractivity (Wildman–Crippen MR) is 142 cm³/mol. The number of carbonyl (C=O) groups excluding carboxylic acids is 1. The van der Waals surface area contributed by atoms with Gasteiger partial charge in [-0.3, -0.25) is 10.1 Å². The number of halogens is 2. The number of alkyl halides is 1. The highest BCUT2D eigenvalue weighted by Crippen LogP contribution is 2.58. The highest BCUT2D eigenvalue weighted by molar-refractivity contribution is 9.10. The zero-order valence-electron chi connectivity index (χ0n) is 18.7. The van der Waals surface area contributed by atoms with E-state index in [1.165, 1.54) is 24.9 Å². The number of hydrogen-bond donors (Lipinski definition) is 1. The second-order valence-electron chi connectivity index (χ2n) is 8.72. The molecule has 5 atom stereocenters. The van der Waals surface area contributed by atoms with Crippen LogP contribution in [0.1, 0.15) is 39.9 Å². The smallest absolute Gasteiger partial charge is 0.337 e. The largest absolute Gasteiger partial charge is 0.465 e. The lowest BCUT2D eigenvalue weighted by Crippen LogP contribution is -2.31. The number of nitro groups is 1. The maximum absolute atomic E-state index is 12.2. The fraction of sp³-hybridized carbons (Fsp3) is 0.269. The Hall–Kier alpha value is -2.55. The molecule has 0 saturated heterocycles. The van der Waals surface area contributed by atoms with Gasteiger partial charge in [0.15, 0.2) is 0 Å². The molecule has 0 spiro atoms. The highest BCUT2D eigenvalue weighted by Gasteiger charge is 2.50. The average molecular weight is 574 g/mol. The predicted octanol–water partition coefficient (Wildman–Crippen LogP) is 7.18. The van der Waals surface area contributed by atoms with Crippen molar-refractivity contribution in [2.75, 3.05) is 12.4 Å². The van der Waals surface area contributed by atoms with E-state index in [1.807, 2.05) is 30.3 Å². The molecule has 9 heteroatoms. The van der Waals surface area contributed by atoms with E-state index < -0.39 is 5.97 Å². The molecule has 1 fully saturated rings. The van der Waals surface area contributed by atoms with Crippen molar-refractivity contribution >= 4 is 56.6 Å². The minimum Gasteiger partial charge on any atom is -0.465 e. The number of nitro benzene ring substituents is 1. The van der Waals surface area contributed by atoms with E-state index in [0.29, 0.717) is 10.5 Å². The van der Waals surface area contributed by atoms with Crippen LogP contribution in [-0.4, -0.2) is 28.6 Å². The molecule has 3 aromatic rings. The first-order chi connectivity index (χ1) is 16.9. The van der Waals surface area contributed by atoms with Crippen LogP contribution < -0.4 is 5.32 Å². The molecule has 0 aromatic heterocycles. The number of nitrogens with one attached hydrogen (secondary N) is 1. The standard InChI is InChI=1S/C26H22BrClN2O4S/c1-34-26(31)15-8-11-19-17(12-15)23-18(25(29-19)14-6-9-16(27)10-7-14)13-22(24(23)28)35-21-5-3-2-4-20(21)30(32)33/h2-12,18,22-25,29H,13H2,1H3. The minimum atomic E-state index is -0.394. The summed E-state index contributed by atoms with van der Waals surface area (Å²) >= 11 is 12.1. The maximum atomic E-state index is 12.2. The van der Waals surface area contributed by atoms with Crippen molar-refractivity contribution in [2.24, 2.45) is 5.92 Å². The summed E-state index contributed by atoms with van der Waals surface area (Å²) in [6.07, 6.45) is 0.769. The summed E-state index contributed by atoms with van der Waals surface area (Å²) in [4.78, 5) is 24.1. The molecule has 0 bridgehead atoms. The Kier molecular flexibility index (Phi) is 6.79. The maximum Gasteiger partial charge on any atom is 0.337 e.